The molecule has 2 aliphatic rings. The monoisotopic (exact) mass is 743 g/mol. The highest BCUT2D eigenvalue weighted by molar-refractivity contribution is 7.09. The Balaban J connectivity index is 1.34. The predicted molar refractivity (Wildman–Crippen MR) is 206 cm³/mol. The van der Waals surface area contributed by atoms with Gasteiger partial charge in [0.1, 0.15) is 17.8 Å². The van der Waals surface area contributed by atoms with Gasteiger partial charge in [0, 0.05) is 24.1 Å². The molecule has 5 aromatic rings. The van der Waals surface area contributed by atoms with Crippen molar-refractivity contribution in [1.29, 1.82) is 0 Å². The van der Waals surface area contributed by atoms with Crippen LogP contribution >= 0.6 is 11.3 Å². The molecule has 0 unspecified atom stereocenters. The number of thiophene rings is 1. The summed E-state index contributed by atoms with van der Waals surface area (Å²) in [5.41, 5.74) is 4.19. The van der Waals surface area contributed by atoms with Crippen LogP contribution in [0.1, 0.15) is 28.0 Å². The van der Waals surface area contributed by atoms with E-state index in [9.17, 15) is 29.1 Å². The van der Waals surface area contributed by atoms with Crippen LogP contribution in [0.25, 0.3) is 11.1 Å². The van der Waals surface area contributed by atoms with E-state index in [-0.39, 0.29) is 38.7 Å². The lowest BCUT2D eigenvalue weighted by atomic mass is 9.90. The number of hydrogen-bond acceptors (Lipinski definition) is 7. The van der Waals surface area contributed by atoms with Crippen molar-refractivity contribution >= 4 is 40.8 Å². The number of ether oxygens (including phenoxy) is 1. The molecule has 1 aromatic heterocycles. The zero-order valence-electron chi connectivity index (χ0n) is 29.5. The quantitative estimate of drug-likeness (QED) is 0.160. The summed E-state index contributed by atoms with van der Waals surface area (Å²) in [7, 11) is 0. The minimum atomic E-state index is -1.15. The molecule has 0 saturated heterocycles. The summed E-state index contributed by atoms with van der Waals surface area (Å²) in [6.45, 7) is -0.376. The molecule has 2 bridgehead atoms. The van der Waals surface area contributed by atoms with Crippen LogP contribution in [0.3, 0.4) is 0 Å². The second kappa shape index (κ2) is 18.1. The lowest BCUT2D eigenvalue weighted by molar-refractivity contribution is -0.144. The number of carboxylic acid groups (broad SMARTS) is 1. The first-order valence-corrected chi connectivity index (χ1v) is 18.7. The summed E-state index contributed by atoms with van der Waals surface area (Å²) in [4.78, 5) is 68.9. The fourth-order valence-corrected chi connectivity index (χ4v) is 7.16. The number of carbonyl (C=O) groups excluding carboxylic acids is 4. The van der Waals surface area contributed by atoms with Gasteiger partial charge in [0.15, 0.2) is 12.4 Å². The smallest absolute Gasteiger partial charge is 0.307 e. The summed E-state index contributed by atoms with van der Waals surface area (Å²) in [6, 6.07) is 33.7. The maximum absolute atomic E-state index is 14.3. The average Bonchev–Trinajstić information content (AvgIpc) is 3.70. The molecule has 0 fully saturated rings. The number of aliphatic carboxylic acids is 1. The molecule has 0 radical (unpaired) electrons. The highest BCUT2D eigenvalue weighted by Crippen LogP contribution is 2.22. The summed E-state index contributed by atoms with van der Waals surface area (Å²) in [5, 5.41) is 20.6. The normalized spacial score (nSPS) is 20.0. The molecule has 54 heavy (non-hydrogen) atoms. The van der Waals surface area contributed by atoms with Crippen molar-refractivity contribution in [3.8, 4) is 16.9 Å². The number of carboxylic acids is 1. The highest BCUT2D eigenvalue weighted by atomic mass is 32.1. The molecule has 7 rings (SSSR count). The van der Waals surface area contributed by atoms with E-state index in [1.807, 2.05) is 102 Å². The average molecular weight is 744 g/mol. The molecule has 0 saturated carbocycles. The van der Waals surface area contributed by atoms with Gasteiger partial charge in [-0.3, -0.25) is 24.0 Å². The fraction of sp³-hybridized carbons (Fsp3) is 0.233. The molecule has 10 nitrogen and oxygen atoms in total. The van der Waals surface area contributed by atoms with Crippen molar-refractivity contribution in [3.63, 3.8) is 0 Å². The van der Waals surface area contributed by atoms with Gasteiger partial charge in [0.2, 0.25) is 11.8 Å². The van der Waals surface area contributed by atoms with E-state index in [0.29, 0.717) is 11.3 Å². The summed E-state index contributed by atoms with van der Waals surface area (Å²) >= 11 is 1.44. The summed E-state index contributed by atoms with van der Waals surface area (Å²) < 4.78 is 5.70. The first kappa shape index (κ1) is 37.7. The SMILES string of the molecule is O=C1COc2ccc(cc2)C[C@@H](C(=O)O)CC(=O)[C@@H](Cc2ccccc2)NC(=O)[C@H](Cc2ccc(-c3ccccc3)cc2)NC(=O)[C@@H](Cc2cccs2)N1. The van der Waals surface area contributed by atoms with E-state index in [0.717, 1.165) is 27.1 Å². The first-order valence-electron chi connectivity index (χ1n) is 17.8. The number of Topliss-reactive ketones (excluding diaryl/α,β-unsaturated/α-hetero) is 1. The van der Waals surface area contributed by atoms with E-state index in [4.69, 9.17) is 4.74 Å². The summed E-state index contributed by atoms with van der Waals surface area (Å²) in [5.74, 6) is -4.01. The van der Waals surface area contributed by atoms with E-state index >= 15 is 0 Å². The topological polar surface area (TPSA) is 151 Å². The van der Waals surface area contributed by atoms with E-state index in [1.54, 1.807) is 24.3 Å². The number of fused-ring (bicyclic) bond motifs is 16. The van der Waals surface area contributed by atoms with Gasteiger partial charge in [-0.05, 0) is 64.2 Å². The van der Waals surface area contributed by atoms with Crippen molar-refractivity contribution < 1.29 is 33.8 Å². The molecule has 2 aliphatic heterocycles. The Morgan fingerprint density at radius 2 is 1.22 bits per heavy atom. The maximum atomic E-state index is 14.3. The Morgan fingerprint density at radius 1 is 0.630 bits per heavy atom. The molecule has 3 amide bonds. The van der Waals surface area contributed by atoms with Crippen LogP contribution in [0.5, 0.6) is 5.75 Å². The van der Waals surface area contributed by atoms with Crippen LogP contribution < -0.4 is 20.7 Å². The van der Waals surface area contributed by atoms with Crippen molar-refractivity contribution in [1.82, 2.24) is 16.0 Å². The second-order valence-electron chi connectivity index (χ2n) is 13.3. The zero-order chi connectivity index (χ0) is 37.9. The first-order chi connectivity index (χ1) is 26.2. The number of hydrogen-bond donors (Lipinski definition) is 4. The van der Waals surface area contributed by atoms with Crippen molar-refractivity contribution in [3.05, 3.63) is 148 Å². The predicted octanol–water partition coefficient (Wildman–Crippen LogP) is 5.19. The van der Waals surface area contributed by atoms with Gasteiger partial charge in [-0.2, -0.15) is 0 Å². The molecule has 276 valence electrons. The number of rotatable bonds is 8. The number of nitrogens with one attached hydrogen (secondary N) is 3. The van der Waals surface area contributed by atoms with Gasteiger partial charge in [-0.1, -0.05) is 103 Å². The molecule has 4 aromatic carbocycles. The summed E-state index contributed by atoms with van der Waals surface area (Å²) in [6.07, 6.45) is 0.108. The van der Waals surface area contributed by atoms with E-state index in [2.05, 4.69) is 16.0 Å². The third-order valence-electron chi connectivity index (χ3n) is 9.33. The molecule has 4 N–H and O–H groups in total. The largest absolute Gasteiger partial charge is 0.484 e. The van der Waals surface area contributed by atoms with Crippen molar-refractivity contribution in [2.45, 2.75) is 50.2 Å². The molecular formula is C43H41N3O7S. The highest BCUT2D eigenvalue weighted by Gasteiger charge is 2.32. The van der Waals surface area contributed by atoms with Crippen LogP contribution in [0.2, 0.25) is 0 Å². The minimum absolute atomic E-state index is 0.0654. The molecule has 0 aliphatic carbocycles. The Kier molecular flexibility index (Phi) is 12.6. The third-order valence-corrected chi connectivity index (χ3v) is 10.2. The van der Waals surface area contributed by atoms with Crippen LogP contribution in [-0.2, 0) is 49.7 Å². The third kappa shape index (κ3) is 10.5. The van der Waals surface area contributed by atoms with Crippen LogP contribution in [0.15, 0.2) is 127 Å². The Morgan fingerprint density at radius 3 is 1.87 bits per heavy atom. The van der Waals surface area contributed by atoms with Crippen LogP contribution in [-0.4, -0.2) is 59.3 Å². The molecular weight excluding hydrogens is 703 g/mol. The van der Waals surface area contributed by atoms with Gasteiger partial charge in [0.25, 0.3) is 5.91 Å². The van der Waals surface area contributed by atoms with Crippen molar-refractivity contribution in [2.75, 3.05) is 6.61 Å². The number of ketones is 1. The number of carbonyl (C=O) groups is 5. The lowest BCUT2D eigenvalue weighted by Gasteiger charge is -2.26. The maximum Gasteiger partial charge on any atom is 0.307 e. The van der Waals surface area contributed by atoms with Gasteiger partial charge >= 0.3 is 5.97 Å². The van der Waals surface area contributed by atoms with Gasteiger partial charge in [0.05, 0.1) is 12.0 Å². The Labute approximate surface area is 317 Å². The van der Waals surface area contributed by atoms with Gasteiger partial charge in [-0.25, -0.2) is 0 Å². The second-order valence-corrected chi connectivity index (χ2v) is 14.4. The van der Waals surface area contributed by atoms with Gasteiger partial charge < -0.3 is 25.8 Å². The van der Waals surface area contributed by atoms with Gasteiger partial charge in [-0.15, -0.1) is 11.3 Å². The standard InChI is InChI=1S/C43H41N3O7S/c47-39-25-33(43(51)52)22-29-15-19-34(20-16-29)53-27-40(48)44-38(26-35-12-7-21-54-35)42(50)46-37(41(49)45-36(39)23-28-8-3-1-4-9-28)24-30-13-17-32(18-14-30)31-10-5-2-6-11-31/h1-21,33,36-38H,22-27H2,(H,44,48)(H,45,49)(H,46,50)(H,51,52)/t33-,36-,37+,38-/m1/s1. The minimum Gasteiger partial charge on any atom is -0.484 e. The van der Waals surface area contributed by atoms with Crippen LogP contribution in [0.4, 0.5) is 0 Å². The van der Waals surface area contributed by atoms with Crippen molar-refractivity contribution in [2.24, 2.45) is 5.92 Å². The van der Waals surface area contributed by atoms with E-state index < -0.39 is 53.5 Å². The fourth-order valence-electron chi connectivity index (χ4n) is 6.41. The molecule has 0 spiro atoms. The Bertz CT molecular complexity index is 2040. The lowest BCUT2D eigenvalue weighted by Crippen LogP contribution is -2.57. The molecule has 4 atom stereocenters. The molecule has 3 heterocycles. The zero-order valence-corrected chi connectivity index (χ0v) is 30.3. The van der Waals surface area contributed by atoms with E-state index in [1.165, 1.54) is 11.3 Å². The number of amides is 3. The Hall–Kier alpha value is -6.07. The number of benzene rings is 4. The van der Waals surface area contributed by atoms with Crippen LogP contribution in [0, 0.1) is 5.92 Å². The molecule has 11 heteroatoms.